The molecule has 23 N–H and O–H groups in total. The number of hydrogen-bond acceptors (Lipinski definition) is 18. The van der Waals surface area contributed by atoms with E-state index in [-0.39, 0.29) is 44.1 Å². The summed E-state index contributed by atoms with van der Waals surface area (Å²) in [6.07, 6.45) is -4.69. The van der Waals surface area contributed by atoms with Crippen LogP contribution in [0.25, 0.3) is 0 Å². The van der Waals surface area contributed by atoms with E-state index in [4.69, 9.17) is 22.9 Å². The summed E-state index contributed by atoms with van der Waals surface area (Å²) in [7, 11) is 0. The number of nitrogens with zero attached hydrogens (tertiary/aromatic N) is 1. The number of carboxylic acids is 4. The van der Waals surface area contributed by atoms with Gasteiger partial charge in [-0.05, 0) is 62.3 Å². The molecule has 0 radical (unpaired) electrons. The molecular formula is C56H89N15O20. The summed E-state index contributed by atoms with van der Waals surface area (Å²) in [6, 6.07) is -10.0. The van der Waals surface area contributed by atoms with Gasteiger partial charge in [0.2, 0.25) is 65.0 Å². The van der Waals surface area contributed by atoms with Crippen molar-refractivity contribution >= 4 is 94.8 Å². The predicted molar refractivity (Wildman–Crippen MR) is 321 cm³/mol. The molecule has 0 aliphatic rings. The Labute approximate surface area is 524 Å². The lowest BCUT2D eigenvalue weighted by molar-refractivity contribution is -0.143. The number of aliphatic imine (C=N–C) groups is 1. The van der Waals surface area contributed by atoms with Crippen molar-refractivity contribution in [3.63, 3.8) is 0 Å². The van der Waals surface area contributed by atoms with E-state index in [0.717, 1.165) is 6.92 Å². The van der Waals surface area contributed by atoms with Crippen LogP contribution in [0.2, 0.25) is 0 Å². The highest BCUT2D eigenvalue weighted by Gasteiger charge is 2.38. The van der Waals surface area contributed by atoms with Crippen LogP contribution in [0.4, 0.5) is 0 Å². The first-order valence-corrected chi connectivity index (χ1v) is 29.2. The first-order chi connectivity index (χ1) is 42.5. The van der Waals surface area contributed by atoms with Gasteiger partial charge in [-0.3, -0.25) is 72.1 Å². The number of nitrogens with one attached hydrogen (secondary N) is 10. The first kappa shape index (κ1) is 79.5. The molecule has 12 atom stereocenters. The summed E-state index contributed by atoms with van der Waals surface area (Å²) in [6.45, 7) is 9.63. The van der Waals surface area contributed by atoms with E-state index < -0.39 is 212 Å². The van der Waals surface area contributed by atoms with Crippen molar-refractivity contribution in [2.75, 3.05) is 13.2 Å². The maximum Gasteiger partial charge on any atom is 0.326 e. The zero-order chi connectivity index (χ0) is 69.4. The van der Waals surface area contributed by atoms with Crippen LogP contribution in [0.1, 0.15) is 118 Å². The van der Waals surface area contributed by atoms with Gasteiger partial charge in [0.1, 0.15) is 60.4 Å². The molecule has 0 fully saturated rings. The number of aliphatic carboxylic acids is 4. The van der Waals surface area contributed by atoms with Crippen molar-refractivity contribution in [2.45, 2.75) is 186 Å². The second-order valence-corrected chi connectivity index (χ2v) is 22.3. The van der Waals surface area contributed by atoms with E-state index in [0.29, 0.717) is 12.0 Å². The molecule has 0 aromatic heterocycles. The molecule has 11 amide bonds. The van der Waals surface area contributed by atoms with Crippen molar-refractivity contribution in [3.05, 3.63) is 35.9 Å². The van der Waals surface area contributed by atoms with Crippen LogP contribution in [0.5, 0.6) is 0 Å². The van der Waals surface area contributed by atoms with E-state index in [1.807, 2.05) is 0 Å². The van der Waals surface area contributed by atoms with Crippen LogP contribution < -0.4 is 76.1 Å². The summed E-state index contributed by atoms with van der Waals surface area (Å²) < 4.78 is 0. The third-order valence-electron chi connectivity index (χ3n) is 13.8. The van der Waals surface area contributed by atoms with Crippen LogP contribution in [-0.2, 0) is 78.3 Å². The minimum Gasteiger partial charge on any atom is -0.481 e. The molecule has 0 aliphatic carbocycles. The second-order valence-electron chi connectivity index (χ2n) is 22.3. The van der Waals surface area contributed by atoms with Gasteiger partial charge in [-0.2, -0.15) is 0 Å². The van der Waals surface area contributed by atoms with Crippen LogP contribution in [0.15, 0.2) is 35.3 Å². The fourth-order valence-corrected chi connectivity index (χ4v) is 8.45. The van der Waals surface area contributed by atoms with E-state index in [1.54, 1.807) is 58.0 Å². The Balaban J connectivity index is 3.46. The van der Waals surface area contributed by atoms with Gasteiger partial charge in [-0.1, -0.05) is 78.3 Å². The van der Waals surface area contributed by atoms with Gasteiger partial charge in [0, 0.05) is 25.8 Å². The van der Waals surface area contributed by atoms with Crippen LogP contribution >= 0.6 is 0 Å². The smallest absolute Gasteiger partial charge is 0.326 e. The van der Waals surface area contributed by atoms with Gasteiger partial charge < -0.3 is 102 Å². The molecule has 1 rings (SSSR count). The quantitative estimate of drug-likeness (QED) is 0.0165. The highest BCUT2D eigenvalue weighted by molar-refractivity contribution is 6.00. The maximum atomic E-state index is 14.0. The standard InChI is InChI=1S/C56H89N15O20/c1-8-28(6)43(58)53(88)70-38(25-72)52(87)64-32(17-19-41(76)77)47(82)71-44(27(4)5)54(89)69-36(23-39(57)73)51(86)66-34(21-26(2)3)49(84)68-37(24-42(78)79)48(83)62-29(7)45(80)63-31(16-18-40(74)75)46(81)67-35(22-30-13-10-9-11-14-30)50(85)65-33(55(90)91)15-12-20-61-56(59)60/h9-11,13-14,26-29,31-38,43-44,72H,8,12,15-25,58H2,1-7H3,(H2,57,73)(H,62,83)(H,63,80)(H,64,87)(H,65,85)(H,66,86)(H,67,81)(H,68,84)(H,69,89)(H,70,88)(H,71,82)(H,74,75)(H,76,77)(H,78,79)(H,90,91)(H4,59,60,61)/t28-,29-,31-,32-,33-,34-,35-,36-,37-,38-,43-,44-/m0/s1. The first-order valence-electron chi connectivity index (χ1n) is 29.2. The molecule has 0 unspecified atom stereocenters. The Kier molecular flexibility index (Phi) is 35.1. The van der Waals surface area contributed by atoms with Crippen molar-refractivity contribution in [2.24, 2.45) is 45.7 Å². The number of carboxylic acid groups (broad SMARTS) is 4. The zero-order valence-electron chi connectivity index (χ0n) is 51.8. The molecule has 0 aliphatic heterocycles. The van der Waals surface area contributed by atoms with E-state index in [1.165, 1.54) is 13.8 Å². The molecule has 508 valence electrons. The van der Waals surface area contributed by atoms with Crippen molar-refractivity contribution in [1.29, 1.82) is 0 Å². The molecule has 0 saturated carbocycles. The van der Waals surface area contributed by atoms with Crippen molar-refractivity contribution in [3.8, 4) is 0 Å². The largest absolute Gasteiger partial charge is 0.481 e. The summed E-state index contributed by atoms with van der Waals surface area (Å²) in [4.78, 5) is 201. The van der Waals surface area contributed by atoms with Crippen LogP contribution in [-0.4, -0.2) is 200 Å². The molecule has 1 aromatic rings. The topological polar surface area (TPSA) is 594 Å². The van der Waals surface area contributed by atoms with E-state index in [2.05, 4.69) is 58.2 Å². The summed E-state index contributed by atoms with van der Waals surface area (Å²) in [5.41, 5.74) is 22.5. The zero-order valence-corrected chi connectivity index (χ0v) is 51.8. The number of guanidine groups is 1. The van der Waals surface area contributed by atoms with Gasteiger partial charge in [-0.15, -0.1) is 0 Å². The molecule has 1 aromatic carbocycles. The molecule has 35 heteroatoms. The lowest BCUT2D eigenvalue weighted by Gasteiger charge is -2.29. The molecule has 91 heavy (non-hydrogen) atoms. The number of carbonyl (C=O) groups excluding carboxylic acids is 11. The van der Waals surface area contributed by atoms with Crippen molar-refractivity contribution in [1.82, 2.24) is 53.2 Å². The SMILES string of the molecule is CC[C@H](C)[C@H](N)C(=O)N[C@@H](CO)C(=O)N[C@@H](CCC(=O)O)C(=O)N[C@H](C(=O)N[C@@H](CC(N)=O)C(=O)N[C@@H](CC(C)C)C(=O)N[C@@H](CC(=O)O)C(=O)N[C@@H](C)C(=O)N[C@@H](CCC(=O)O)C(=O)N[C@@H](Cc1ccccc1)C(=O)N[C@@H](CCCN=C(N)N)C(=O)O)C(C)C. The Bertz CT molecular complexity index is 2750. The third-order valence-corrected chi connectivity index (χ3v) is 13.8. The average Bonchev–Trinajstić information content (AvgIpc) is 1.77. The van der Waals surface area contributed by atoms with Gasteiger partial charge in [-0.25, -0.2) is 4.79 Å². The van der Waals surface area contributed by atoms with Gasteiger partial charge in [0.05, 0.1) is 25.5 Å². The maximum absolute atomic E-state index is 14.0. The number of rotatable bonds is 43. The lowest BCUT2D eigenvalue weighted by Crippen LogP contribution is -2.61. The van der Waals surface area contributed by atoms with Gasteiger partial charge in [0.25, 0.3) is 0 Å². The molecule has 0 heterocycles. The third kappa shape index (κ3) is 30.5. The number of benzene rings is 1. The highest BCUT2D eigenvalue weighted by Crippen LogP contribution is 2.13. The Morgan fingerprint density at radius 2 is 0.923 bits per heavy atom. The monoisotopic (exact) mass is 1290 g/mol. The van der Waals surface area contributed by atoms with Crippen molar-refractivity contribution < 1.29 is 97.5 Å². The van der Waals surface area contributed by atoms with E-state index in [9.17, 15) is 97.5 Å². The number of carbonyl (C=O) groups is 15. The summed E-state index contributed by atoms with van der Waals surface area (Å²) in [5, 5.41) is 71.6. The number of aliphatic hydroxyl groups is 1. The normalized spacial score (nSPS) is 15.0. The molecule has 35 nitrogen and oxygen atoms in total. The number of amides is 11. The van der Waals surface area contributed by atoms with Gasteiger partial charge >= 0.3 is 23.9 Å². The minimum absolute atomic E-state index is 0.0241. The van der Waals surface area contributed by atoms with Crippen LogP contribution in [0.3, 0.4) is 0 Å². The molecule has 0 bridgehead atoms. The highest BCUT2D eigenvalue weighted by atomic mass is 16.4. The average molecular weight is 1290 g/mol. The number of primary amides is 1. The Hall–Kier alpha value is -9.54. The second kappa shape index (κ2) is 40.2. The van der Waals surface area contributed by atoms with E-state index >= 15 is 0 Å². The summed E-state index contributed by atoms with van der Waals surface area (Å²) >= 11 is 0. The fraction of sp³-hybridized carbons (Fsp3) is 0.607. The Morgan fingerprint density at radius 1 is 0.484 bits per heavy atom. The fourth-order valence-electron chi connectivity index (χ4n) is 8.45. The lowest BCUT2D eigenvalue weighted by atomic mass is 9.99. The summed E-state index contributed by atoms with van der Waals surface area (Å²) in [5.74, 6) is -20.2. The number of nitrogens with two attached hydrogens (primary N) is 4. The molecular weight excluding hydrogens is 1200 g/mol. The minimum atomic E-state index is -2.02. The predicted octanol–water partition coefficient (Wildman–Crippen LogP) is -5.62. The molecule has 0 saturated heterocycles. The number of aliphatic hydroxyl groups excluding tert-OH is 1. The van der Waals surface area contributed by atoms with Gasteiger partial charge in [0.15, 0.2) is 5.96 Å². The molecule has 0 spiro atoms. The Morgan fingerprint density at radius 3 is 1.42 bits per heavy atom. The number of hydrogen-bond donors (Lipinski definition) is 19. The van der Waals surface area contributed by atoms with Crippen LogP contribution in [0, 0.1) is 17.8 Å².